The first-order valence-corrected chi connectivity index (χ1v) is 7.35. The number of ether oxygens (including phenoxy) is 1. The number of nitrogens with zero attached hydrogens (tertiary/aromatic N) is 3. The van der Waals surface area contributed by atoms with E-state index in [1.807, 2.05) is 31.2 Å². The van der Waals surface area contributed by atoms with Crippen molar-refractivity contribution in [2.45, 2.75) is 6.92 Å². The number of hydrogen-bond donors (Lipinski definition) is 1. The summed E-state index contributed by atoms with van der Waals surface area (Å²) < 4.78 is 6.86. The highest BCUT2D eigenvalue weighted by atomic mass is 35.5. The number of rotatable bonds is 3. The van der Waals surface area contributed by atoms with Gasteiger partial charge in [0.2, 0.25) is 0 Å². The molecule has 0 atom stereocenters. The lowest BCUT2D eigenvalue weighted by Crippen LogP contribution is -2.18. The van der Waals surface area contributed by atoms with Crippen LogP contribution in [-0.2, 0) is 0 Å². The molecular formula is C16H15ClN4O2. The SMILES string of the molecule is CNC(=O)c1cnc2c(c(C)nn2-c2ccc(OC)cc2)c1Cl. The number of benzene rings is 1. The van der Waals surface area contributed by atoms with Crippen molar-refractivity contribution in [2.75, 3.05) is 14.2 Å². The predicted octanol–water partition coefficient (Wildman–Crippen LogP) is 2.75. The summed E-state index contributed by atoms with van der Waals surface area (Å²) in [5.41, 5.74) is 2.48. The second kappa shape index (κ2) is 5.89. The number of carbonyl (C=O) groups is 1. The number of pyridine rings is 1. The lowest BCUT2D eigenvalue weighted by Gasteiger charge is -2.06. The molecule has 23 heavy (non-hydrogen) atoms. The second-order valence-corrected chi connectivity index (χ2v) is 5.34. The Kier molecular flexibility index (Phi) is 3.92. The Morgan fingerprint density at radius 2 is 2.00 bits per heavy atom. The van der Waals surface area contributed by atoms with Gasteiger partial charge in [0.15, 0.2) is 5.65 Å². The summed E-state index contributed by atoms with van der Waals surface area (Å²) in [5, 5.41) is 8.08. The minimum atomic E-state index is -0.277. The summed E-state index contributed by atoms with van der Waals surface area (Å²) in [4.78, 5) is 16.2. The zero-order chi connectivity index (χ0) is 16.6. The summed E-state index contributed by atoms with van der Waals surface area (Å²) in [6.07, 6.45) is 1.46. The number of hydrogen-bond acceptors (Lipinski definition) is 4. The van der Waals surface area contributed by atoms with Crippen molar-refractivity contribution in [1.82, 2.24) is 20.1 Å². The van der Waals surface area contributed by atoms with Crippen LogP contribution in [0.2, 0.25) is 5.02 Å². The molecule has 3 rings (SSSR count). The van der Waals surface area contributed by atoms with Gasteiger partial charge in [0.05, 0.1) is 34.5 Å². The van der Waals surface area contributed by atoms with Crippen LogP contribution in [0.5, 0.6) is 5.75 Å². The Morgan fingerprint density at radius 3 is 2.61 bits per heavy atom. The quantitative estimate of drug-likeness (QED) is 0.801. The van der Waals surface area contributed by atoms with Gasteiger partial charge in [0.1, 0.15) is 5.75 Å². The second-order valence-electron chi connectivity index (χ2n) is 4.96. The molecule has 2 aromatic heterocycles. The van der Waals surface area contributed by atoms with E-state index in [1.165, 1.54) is 6.20 Å². The normalized spacial score (nSPS) is 10.8. The number of amides is 1. The van der Waals surface area contributed by atoms with Crippen LogP contribution in [0, 0.1) is 6.92 Å². The minimum Gasteiger partial charge on any atom is -0.497 e. The third kappa shape index (κ3) is 2.51. The van der Waals surface area contributed by atoms with E-state index in [1.54, 1.807) is 18.8 Å². The minimum absolute atomic E-state index is 0.277. The number of aryl methyl sites for hydroxylation is 1. The smallest absolute Gasteiger partial charge is 0.254 e. The molecule has 1 aromatic carbocycles. The van der Waals surface area contributed by atoms with Gasteiger partial charge in [0.25, 0.3) is 5.91 Å². The molecule has 6 nitrogen and oxygen atoms in total. The van der Waals surface area contributed by atoms with Gasteiger partial charge in [-0.3, -0.25) is 4.79 Å². The maximum Gasteiger partial charge on any atom is 0.254 e. The summed E-state index contributed by atoms with van der Waals surface area (Å²) in [5.74, 6) is 0.482. The molecule has 0 aliphatic rings. The molecule has 0 radical (unpaired) electrons. The Morgan fingerprint density at radius 1 is 1.30 bits per heavy atom. The number of carbonyl (C=O) groups excluding carboxylic acids is 1. The van der Waals surface area contributed by atoms with Crippen molar-refractivity contribution >= 4 is 28.5 Å². The molecule has 0 spiro atoms. The van der Waals surface area contributed by atoms with Crippen LogP contribution in [0.1, 0.15) is 16.1 Å². The fraction of sp³-hybridized carbons (Fsp3) is 0.188. The van der Waals surface area contributed by atoms with Crippen molar-refractivity contribution in [3.8, 4) is 11.4 Å². The predicted molar refractivity (Wildman–Crippen MR) is 88.6 cm³/mol. The largest absolute Gasteiger partial charge is 0.497 e. The molecule has 118 valence electrons. The lowest BCUT2D eigenvalue weighted by atomic mass is 10.2. The highest BCUT2D eigenvalue weighted by molar-refractivity contribution is 6.38. The number of methoxy groups -OCH3 is 1. The van der Waals surface area contributed by atoms with Crippen molar-refractivity contribution < 1.29 is 9.53 Å². The molecule has 0 aliphatic carbocycles. The number of aromatic nitrogens is 3. The summed E-state index contributed by atoms with van der Waals surface area (Å²) in [6, 6.07) is 7.46. The third-order valence-corrected chi connectivity index (χ3v) is 3.99. The van der Waals surface area contributed by atoms with E-state index in [-0.39, 0.29) is 5.91 Å². The van der Waals surface area contributed by atoms with Gasteiger partial charge in [-0.1, -0.05) is 11.6 Å². The van der Waals surface area contributed by atoms with Gasteiger partial charge in [0, 0.05) is 13.2 Å². The van der Waals surface area contributed by atoms with E-state index in [0.717, 1.165) is 11.4 Å². The van der Waals surface area contributed by atoms with E-state index in [0.29, 0.717) is 27.3 Å². The monoisotopic (exact) mass is 330 g/mol. The molecule has 2 heterocycles. The first kappa shape index (κ1) is 15.3. The maximum absolute atomic E-state index is 11.9. The molecule has 0 unspecified atom stereocenters. The van der Waals surface area contributed by atoms with E-state index in [9.17, 15) is 4.79 Å². The van der Waals surface area contributed by atoms with Gasteiger partial charge in [-0.05, 0) is 31.2 Å². The van der Waals surface area contributed by atoms with Crippen LogP contribution in [-0.4, -0.2) is 34.8 Å². The number of halogens is 1. The lowest BCUT2D eigenvalue weighted by molar-refractivity contribution is 0.0963. The summed E-state index contributed by atoms with van der Waals surface area (Å²) in [7, 11) is 3.17. The van der Waals surface area contributed by atoms with Gasteiger partial charge >= 0.3 is 0 Å². The average molecular weight is 331 g/mol. The molecule has 1 amide bonds. The Bertz CT molecular complexity index is 887. The van der Waals surface area contributed by atoms with Gasteiger partial charge in [-0.15, -0.1) is 0 Å². The zero-order valence-corrected chi connectivity index (χ0v) is 13.7. The van der Waals surface area contributed by atoms with Crippen LogP contribution >= 0.6 is 11.6 Å². The molecule has 0 bridgehead atoms. The van der Waals surface area contributed by atoms with Crippen LogP contribution < -0.4 is 10.1 Å². The number of fused-ring (bicyclic) bond motifs is 1. The van der Waals surface area contributed by atoms with Gasteiger partial charge in [-0.25, -0.2) is 9.67 Å². The topological polar surface area (TPSA) is 69.0 Å². The Labute approximate surface area is 138 Å². The molecule has 1 N–H and O–H groups in total. The molecule has 0 saturated carbocycles. The van der Waals surface area contributed by atoms with Crippen LogP contribution in [0.4, 0.5) is 0 Å². The molecule has 3 aromatic rings. The standard InChI is InChI=1S/C16H15ClN4O2/c1-9-13-14(17)12(16(22)18-2)8-19-15(13)21(20-9)10-4-6-11(23-3)7-5-10/h4-8H,1-3H3,(H,18,22). The Hall–Kier alpha value is -2.60. The highest BCUT2D eigenvalue weighted by Gasteiger charge is 2.19. The fourth-order valence-corrected chi connectivity index (χ4v) is 2.76. The van der Waals surface area contributed by atoms with Crippen LogP contribution in [0.25, 0.3) is 16.7 Å². The van der Waals surface area contributed by atoms with E-state index in [2.05, 4.69) is 15.4 Å². The summed E-state index contributed by atoms with van der Waals surface area (Å²) >= 11 is 6.39. The highest BCUT2D eigenvalue weighted by Crippen LogP contribution is 2.30. The maximum atomic E-state index is 11.9. The first-order valence-electron chi connectivity index (χ1n) is 6.97. The number of nitrogens with one attached hydrogen (secondary N) is 1. The molecular weight excluding hydrogens is 316 g/mol. The summed E-state index contributed by atoms with van der Waals surface area (Å²) in [6.45, 7) is 1.84. The third-order valence-electron chi connectivity index (χ3n) is 3.60. The van der Waals surface area contributed by atoms with E-state index < -0.39 is 0 Å². The van der Waals surface area contributed by atoms with Crippen molar-refractivity contribution in [3.05, 3.63) is 46.7 Å². The van der Waals surface area contributed by atoms with Gasteiger partial charge < -0.3 is 10.1 Å². The van der Waals surface area contributed by atoms with Crippen molar-refractivity contribution in [2.24, 2.45) is 0 Å². The Balaban J connectivity index is 2.20. The van der Waals surface area contributed by atoms with Crippen LogP contribution in [0.3, 0.4) is 0 Å². The first-order chi connectivity index (χ1) is 11.1. The van der Waals surface area contributed by atoms with E-state index in [4.69, 9.17) is 16.3 Å². The van der Waals surface area contributed by atoms with Crippen molar-refractivity contribution in [3.63, 3.8) is 0 Å². The van der Waals surface area contributed by atoms with Gasteiger partial charge in [-0.2, -0.15) is 5.10 Å². The molecule has 0 aliphatic heterocycles. The fourth-order valence-electron chi connectivity index (χ4n) is 2.40. The van der Waals surface area contributed by atoms with E-state index >= 15 is 0 Å². The molecule has 7 heteroatoms. The average Bonchev–Trinajstić information content (AvgIpc) is 2.92. The van der Waals surface area contributed by atoms with Crippen molar-refractivity contribution in [1.29, 1.82) is 0 Å². The zero-order valence-electron chi connectivity index (χ0n) is 12.9. The van der Waals surface area contributed by atoms with Crippen LogP contribution in [0.15, 0.2) is 30.5 Å². The molecule has 0 saturated heterocycles. The molecule has 0 fully saturated rings.